The van der Waals surface area contributed by atoms with Crippen LogP contribution in [-0.4, -0.2) is 32.0 Å². The van der Waals surface area contributed by atoms with Crippen LogP contribution >= 0.6 is 0 Å². The number of nitrogens with one attached hydrogen (secondary N) is 1. The molecule has 1 heterocycles. The molecular formula is C13H19F3N2O2. The highest BCUT2D eigenvalue weighted by Crippen LogP contribution is 2.35. The number of methoxy groups -OCH3 is 2. The van der Waals surface area contributed by atoms with Crippen molar-refractivity contribution in [1.82, 2.24) is 10.3 Å². The molecule has 0 aromatic carbocycles. The molecule has 1 aromatic rings. The Hall–Kier alpha value is -1.18. The highest BCUT2D eigenvalue weighted by atomic mass is 19.4. The molecule has 20 heavy (non-hydrogen) atoms. The van der Waals surface area contributed by atoms with Crippen LogP contribution in [0, 0.1) is 0 Å². The Balaban J connectivity index is 3.19. The van der Waals surface area contributed by atoms with E-state index in [1.165, 1.54) is 20.4 Å². The van der Waals surface area contributed by atoms with Crippen molar-refractivity contribution in [2.45, 2.75) is 31.9 Å². The monoisotopic (exact) mass is 292 g/mol. The summed E-state index contributed by atoms with van der Waals surface area (Å²) in [4.78, 5) is 3.79. The Morgan fingerprint density at radius 1 is 1.30 bits per heavy atom. The maximum absolute atomic E-state index is 13.1. The molecule has 1 atom stereocenters. The third kappa shape index (κ3) is 4.16. The highest BCUT2D eigenvalue weighted by molar-refractivity contribution is 5.29. The van der Waals surface area contributed by atoms with E-state index in [-0.39, 0.29) is 5.56 Å². The fourth-order valence-corrected chi connectivity index (χ4v) is 1.93. The smallest absolute Gasteiger partial charge is 0.354 e. The first-order valence-electron chi connectivity index (χ1n) is 6.25. The molecule has 1 N–H and O–H groups in total. The number of rotatable bonds is 7. The van der Waals surface area contributed by atoms with Gasteiger partial charge in [-0.05, 0) is 19.0 Å². The van der Waals surface area contributed by atoms with Gasteiger partial charge in [-0.3, -0.25) is 4.98 Å². The summed E-state index contributed by atoms with van der Waals surface area (Å²) < 4.78 is 49.4. The van der Waals surface area contributed by atoms with Crippen LogP contribution in [0.1, 0.15) is 30.5 Å². The molecule has 0 spiro atoms. The van der Waals surface area contributed by atoms with E-state index < -0.39 is 24.1 Å². The lowest BCUT2D eigenvalue weighted by molar-refractivity contribution is -0.143. The normalized spacial score (nSPS) is 13.8. The first-order chi connectivity index (χ1) is 9.45. The Kier molecular flexibility index (Phi) is 6.38. The summed E-state index contributed by atoms with van der Waals surface area (Å²) >= 11 is 0. The molecule has 7 heteroatoms. The molecule has 0 aliphatic heterocycles. The third-order valence-electron chi connectivity index (χ3n) is 2.84. The number of alkyl halides is 3. The van der Waals surface area contributed by atoms with Crippen molar-refractivity contribution >= 4 is 0 Å². The summed E-state index contributed by atoms with van der Waals surface area (Å²) in [6.45, 7) is 2.46. The number of nitrogens with zero attached hydrogens (tertiary/aromatic N) is 1. The SMILES string of the molecule is CCCNC(c1cnccc1C(F)(F)F)C(OC)OC. The van der Waals surface area contributed by atoms with Crippen LogP contribution in [0.5, 0.6) is 0 Å². The molecule has 0 aliphatic carbocycles. The fourth-order valence-electron chi connectivity index (χ4n) is 1.93. The first-order valence-corrected chi connectivity index (χ1v) is 6.25. The van der Waals surface area contributed by atoms with E-state index >= 15 is 0 Å². The van der Waals surface area contributed by atoms with Crippen molar-refractivity contribution in [1.29, 1.82) is 0 Å². The summed E-state index contributed by atoms with van der Waals surface area (Å²) in [6.07, 6.45) is -2.18. The van der Waals surface area contributed by atoms with E-state index in [9.17, 15) is 13.2 Å². The van der Waals surface area contributed by atoms with Crippen molar-refractivity contribution in [2.75, 3.05) is 20.8 Å². The largest absolute Gasteiger partial charge is 0.416 e. The second kappa shape index (κ2) is 7.56. The summed E-state index contributed by atoms with van der Waals surface area (Å²) in [5, 5.41) is 3.01. The van der Waals surface area contributed by atoms with Crippen LogP contribution in [-0.2, 0) is 15.7 Å². The fraction of sp³-hybridized carbons (Fsp3) is 0.615. The molecule has 0 aliphatic rings. The van der Waals surface area contributed by atoms with Crippen LogP contribution in [0.4, 0.5) is 13.2 Å². The molecule has 114 valence electrons. The first kappa shape index (κ1) is 16.9. The van der Waals surface area contributed by atoms with Crippen molar-refractivity contribution in [3.63, 3.8) is 0 Å². The molecule has 0 bridgehead atoms. The third-order valence-corrected chi connectivity index (χ3v) is 2.84. The zero-order chi connectivity index (χ0) is 15.2. The van der Waals surface area contributed by atoms with Gasteiger partial charge in [0.25, 0.3) is 0 Å². The minimum absolute atomic E-state index is 0.0159. The number of hydrogen-bond acceptors (Lipinski definition) is 4. The van der Waals surface area contributed by atoms with Gasteiger partial charge >= 0.3 is 6.18 Å². The van der Waals surface area contributed by atoms with Crippen molar-refractivity contribution in [3.8, 4) is 0 Å². The van der Waals surface area contributed by atoms with E-state index in [0.29, 0.717) is 6.54 Å². The van der Waals surface area contributed by atoms with Gasteiger partial charge in [-0.1, -0.05) is 6.92 Å². The average molecular weight is 292 g/mol. The molecule has 0 saturated heterocycles. The lowest BCUT2D eigenvalue weighted by Crippen LogP contribution is -2.36. The summed E-state index contributed by atoms with van der Waals surface area (Å²) in [5.74, 6) is 0. The van der Waals surface area contributed by atoms with E-state index in [1.54, 1.807) is 0 Å². The lowest BCUT2D eigenvalue weighted by atomic mass is 10.0. The van der Waals surface area contributed by atoms with Gasteiger partial charge in [0, 0.05) is 32.2 Å². The van der Waals surface area contributed by atoms with Crippen LogP contribution in [0.2, 0.25) is 0 Å². The van der Waals surface area contributed by atoms with Gasteiger partial charge in [-0.15, -0.1) is 0 Å². The van der Waals surface area contributed by atoms with E-state index in [1.807, 2.05) is 6.92 Å². The van der Waals surface area contributed by atoms with Gasteiger partial charge in [0.15, 0.2) is 6.29 Å². The average Bonchev–Trinajstić information content (AvgIpc) is 2.42. The summed E-state index contributed by atoms with van der Waals surface area (Å²) in [5.41, 5.74) is -0.720. The molecule has 0 radical (unpaired) electrons. The van der Waals surface area contributed by atoms with Crippen LogP contribution in [0.3, 0.4) is 0 Å². The number of halogens is 3. The summed E-state index contributed by atoms with van der Waals surface area (Å²) in [6, 6.07) is 0.216. The standard InChI is InChI=1S/C13H19F3N2O2/c1-4-6-18-11(12(19-2)20-3)9-8-17-7-5-10(9)13(14,15)16/h5,7-8,11-12,18H,4,6H2,1-3H3. The second-order valence-corrected chi connectivity index (χ2v) is 4.23. The second-order valence-electron chi connectivity index (χ2n) is 4.23. The summed E-state index contributed by atoms with van der Waals surface area (Å²) in [7, 11) is 2.77. The lowest BCUT2D eigenvalue weighted by Gasteiger charge is -2.28. The van der Waals surface area contributed by atoms with Gasteiger partial charge < -0.3 is 14.8 Å². The number of ether oxygens (including phenoxy) is 2. The van der Waals surface area contributed by atoms with Crippen molar-refractivity contribution in [3.05, 3.63) is 29.6 Å². The minimum Gasteiger partial charge on any atom is -0.354 e. The predicted molar refractivity (Wildman–Crippen MR) is 68.1 cm³/mol. The molecule has 1 rings (SSSR count). The van der Waals surface area contributed by atoms with Crippen molar-refractivity contribution < 1.29 is 22.6 Å². The Labute approximate surface area is 116 Å². The van der Waals surface area contributed by atoms with E-state index in [2.05, 4.69) is 10.3 Å². The van der Waals surface area contributed by atoms with Gasteiger partial charge in [0.1, 0.15) is 0 Å². The van der Waals surface area contributed by atoms with Gasteiger partial charge in [0.2, 0.25) is 0 Å². The number of aromatic nitrogens is 1. The molecule has 4 nitrogen and oxygen atoms in total. The van der Waals surface area contributed by atoms with Gasteiger partial charge in [-0.2, -0.15) is 13.2 Å². The molecule has 0 saturated carbocycles. The van der Waals surface area contributed by atoms with E-state index in [4.69, 9.17) is 9.47 Å². The molecule has 0 fully saturated rings. The van der Waals surface area contributed by atoms with Gasteiger partial charge in [-0.25, -0.2) is 0 Å². The van der Waals surface area contributed by atoms with Crippen molar-refractivity contribution in [2.24, 2.45) is 0 Å². The molecule has 1 aromatic heterocycles. The Morgan fingerprint density at radius 3 is 2.45 bits per heavy atom. The van der Waals surface area contributed by atoms with Gasteiger partial charge in [0.05, 0.1) is 11.6 Å². The molecule has 0 amide bonds. The maximum Gasteiger partial charge on any atom is 0.416 e. The zero-order valence-electron chi connectivity index (χ0n) is 11.7. The Morgan fingerprint density at radius 2 is 1.95 bits per heavy atom. The number of hydrogen-bond donors (Lipinski definition) is 1. The maximum atomic E-state index is 13.1. The Bertz CT molecular complexity index is 409. The number of pyridine rings is 1. The topological polar surface area (TPSA) is 43.4 Å². The quantitative estimate of drug-likeness (QED) is 0.785. The van der Waals surface area contributed by atoms with Crippen LogP contribution < -0.4 is 5.32 Å². The van der Waals surface area contributed by atoms with Crippen LogP contribution in [0.15, 0.2) is 18.5 Å². The molecule has 1 unspecified atom stereocenters. The highest BCUT2D eigenvalue weighted by Gasteiger charge is 2.37. The van der Waals surface area contributed by atoms with Crippen LogP contribution in [0.25, 0.3) is 0 Å². The van der Waals surface area contributed by atoms with E-state index in [0.717, 1.165) is 18.7 Å². The zero-order valence-corrected chi connectivity index (χ0v) is 11.7. The predicted octanol–water partition coefficient (Wildman–Crippen LogP) is 2.76. The minimum atomic E-state index is -4.45. The molecular weight excluding hydrogens is 273 g/mol.